The van der Waals surface area contributed by atoms with Crippen LogP contribution in [0.4, 0.5) is 16.5 Å². The number of ether oxygens (including phenoxy) is 1. The van der Waals surface area contributed by atoms with E-state index in [2.05, 4.69) is 15.5 Å². The van der Waals surface area contributed by atoms with Crippen LogP contribution in [0.3, 0.4) is 0 Å². The zero-order valence-corrected chi connectivity index (χ0v) is 16.2. The first kappa shape index (κ1) is 19.2. The molecule has 144 valence electrons. The van der Waals surface area contributed by atoms with E-state index in [1.54, 1.807) is 6.07 Å². The molecule has 2 aromatic rings. The van der Waals surface area contributed by atoms with Gasteiger partial charge in [0.2, 0.25) is 5.13 Å². The zero-order valence-electron chi connectivity index (χ0n) is 15.4. The van der Waals surface area contributed by atoms with Gasteiger partial charge >= 0.3 is 0 Å². The van der Waals surface area contributed by atoms with Gasteiger partial charge in [-0.15, -0.1) is 10.2 Å². The Bertz CT molecular complexity index is 855. The monoisotopic (exact) mass is 391 g/mol. The van der Waals surface area contributed by atoms with Gasteiger partial charge in [-0.2, -0.15) is 0 Å². The van der Waals surface area contributed by atoms with E-state index in [-0.39, 0.29) is 16.7 Å². The summed E-state index contributed by atoms with van der Waals surface area (Å²) in [5.74, 6) is -0.447. The quantitative estimate of drug-likeness (QED) is 0.630. The number of morpholine rings is 1. The lowest BCUT2D eigenvalue weighted by Gasteiger charge is -2.30. The van der Waals surface area contributed by atoms with Gasteiger partial charge in [0.1, 0.15) is 5.01 Å². The third-order valence-corrected chi connectivity index (χ3v) is 5.34. The molecule has 0 bridgehead atoms. The maximum absolute atomic E-state index is 12.9. The Morgan fingerprint density at radius 1 is 1.30 bits per heavy atom. The van der Waals surface area contributed by atoms with Crippen molar-refractivity contribution in [1.29, 1.82) is 0 Å². The number of benzene rings is 1. The normalized spacial score (nSPS) is 14.9. The van der Waals surface area contributed by atoms with Gasteiger partial charge in [0.25, 0.3) is 11.6 Å². The molecule has 1 saturated heterocycles. The molecule has 2 heterocycles. The van der Waals surface area contributed by atoms with E-state index in [1.807, 2.05) is 25.7 Å². The molecule has 1 aromatic carbocycles. The number of nitro groups is 1. The third kappa shape index (κ3) is 4.40. The van der Waals surface area contributed by atoms with Crippen LogP contribution in [-0.2, 0) is 10.2 Å². The van der Waals surface area contributed by atoms with Gasteiger partial charge < -0.3 is 9.64 Å². The van der Waals surface area contributed by atoms with Crippen molar-refractivity contribution in [3.05, 3.63) is 38.9 Å². The Morgan fingerprint density at radius 3 is 2.59 bits per heavy atom. The number of carbonyl (C=O) groups excluding carboxylic acids is 1. The van der Waals surface area contributed by atoms with Crippen LogP contribution in [0.5, 0.6) is 0 Å². The first-order valence-electron chi connectivity index (χ1n) is 8.52. The topological polar surface area (TPSA) is 110 Å². The Morgan fingerprint density at radius 2 is 2.00 bits per heavy atom. The number of nitrogens with one attached hydrogen (secondary N) is 1. The Balaban J connectivity index is 1.90. The number of aromatic nitrogens is 2. The zero-order chi connectivity index (χ0) is 19.6. The first-order valence-corrected chi connectivity index (χ1v) is 9.34. The summed E-state index contributed by atoms with van der Waals surface area (Å²) in [5.41, 5.74) is 0.566. The molecule has 1 N–H and O–H groups in total. The lowest BCUT2D eigenvalue weighted by molar-refractivity contribution is -0.384. The summed E-state index contributed by atoms with van der Waals surface area (Å²) in [7, 11) is 0. The number of hydrogen-bond donors (Lipinski definition) is 1. The first-order chi connectivity index (χ1) is 12.8. The molecular formula is C17H21N5O4S. The number of nitro benzene ring substituents is 1. The molecule has 3 rings (SSSR count). The van der Waals surface area contributed by atoms with E-state index < -0.39 is 10.8 Å². The molecule has 0 spiro atoms. The van der Waals surface area contributed by atoms with Gasteiger partial charge in [0, 0.05) is 30.6 Å². The van der Waals surface area contributed by atoms with Gasteiger partial charge in [0.15, 0.2) is 0 Å². The van der Waals surface area contributed by atoms with Crippen LogP contribution in [-0.4, -0.2) is 47.3 Å². The van der Waals surface area contributed by atoms with Crippen molar-refractivity contribution >= 4 is 33.8 Å². The van der Waals surface area contributed by atoms with Crippen molar-refractivity contribution in [3.8, 4) is 0 Å². The number of non-ortho nitro benzene ring substituents is 1. The van der Waals surface area contributed by atoms with Gasteiger partial charge in [-0.05, 0) is 6.07 Å². The summed E-state index contributed by atoms with van der Waals surface area (Å²) in [5, 5.41) is 23.2. The molecule has 9 nitrogen and oxygen atoms in total. The highest BCUT2D eigenvalue weighted by atomic mass is 32.1. The second kappa shape index (κ2) is 7.57. The predicted octanol–water partition coefficient (Wildman–Crippen LogP) is 2.83. The van der Waals surface area contributed by atoms with Crippen molar-refractivity contribution in [1.82, 2.24) is 10.2 Å². The van der Waals surface area contributed by atoms with E-state index >= 15 is 0 Å². The van der Waals surface area contributed by atoms with Gasteiger partial charge in [-0.25, -0.2) is 0 Å². The molecule has 10 heteroatoms. The molecule has 1 amide bonds. The largest absolute Gasteiger partial charge is 0.378 e. The third-order valence-electron chi connectivity index (χ3n) is 4.07. The van der Waals surface area contributed by atoms with Crippen LogP contribution in [0.2, 0.25) is 0 Å². The van der Waals surface area contributed by atoms with E-state index in [1.165, 1.54) is 23.5 Å². The van der Waals surface area contributed by atoms with E-state index in [0.717, 1.165) is 5.01 Å². The number of nitrogens with zero attached hydrogens (tertiary/aromatic N) is 4. The maximum atomic E-state index is 12.9. The van der Waals surface area contributed by atoms with Crippen LogP contribution in [0.1, 0.15) is 36.1 Å². The fourth-order valence-electron chi connectivity index (χ4n) is 2.64. The van der Waals surface area contributed by atoms with Crippen LogP contribution < -0.4 is 10.2 Å². The summed E-state index contributed by atoms with van der Waals surface area (Å²) in [6.45, 7) is 8.35. The molecule has 0 saturated carbocycles. The highest BCUT2D eigenvalue weighted by molar-refractivity contribution is 7.15. The lowest BCUT2D eigenvalue weighted by atomic mass is 9.98. The Hall–Kier alpha value is -2.59. The van der Waals surface area contributed by atoms with Crippen LogP contribution in [0, 0.1) is 10.1 Å². The summed E-state index contributed by atoms with van der Waals surface area (Å²) < 4.78 is 5.35. The number of amides is 1. The van der Waals surface area contributed by atoms with Crippen LogP contribution >= 0.6 is 11.3 Å². The Kier molecular flexibility index (Phi) is 5.38. The molecule has 1 fully saturated rings. The predicted molar refractivity (Wildman–Crippen MR) is 103 cm³/mol. The van der Waals surface area contributed by atoms with Crippen molar-refractivity contribution in [2.75, 3.05) is 36.5 Å². The second-order valence-corrected chi connectivity index (χ2v) is 8.15. The molecule has 0 aliphatic carbocycles. The van der Waals surface area contributed by atoms with Crippen LogP contribution in [0.25, 0.3) is 0 Å². The molecule has 0 unspecified atom stereocenters. The molecule has 27 heavy (non-hydrogen) atoms. The average Bonchev–Trinajstić information content (AvgIpc) is 3.11. The van der Waals surface area contributed by atoms with Crippen molar-refractivity contribution < 1.29 is 14.5 Å². The van der Waals surface area contributed by atoms with Gasteiger partial charge in [0.05, 0.1) is 29.4 Å². The summed E-state index contributed by atoms with van der Waals surface area (Å²) in [6, 6.07) is 4.31. The number of carbonyl (C=O) groups is 1. The fourth-order valence-corrected chi connectivity index (χ4v) is 3.44. The highest BCUT2D eigenvalue weighted by Gasteiger charge is 2.24. The Labute approximate surface area is 160 Å². The summed E-state index contributed by atoms with van der Waals surface area (Å²) in [4.78, 5) is 25.5. The summed E-state index contributed by atoms with van der Waals surface area (Å²) in [6.07, 6.45) is 0. The fraction of sp³-hybridized carbons (Fsp3) is 0.471. The lowest BCUT2D eigenvalue weighted by Crippen LogP contribution is -2.37. The number of hydrogen-bond acceptors (Lipinski definition) is 8. The van der Waals surface area contributed by atoms with Crippen LogP contribution in [0.15, 0.2) is 18.2 Å². The molecule has 1 aliphatic rings. The van der Waals surface area contributed by atoms with E-state index in [4.69, 9.17) is 4.74 Å². The van der Waals surface area contributed by atoms with Gasteiger partial charge in [-0.3, -0.25) is 20.2 Å². The van der Waals surface area contributed by atoms with E-state index in [9.17, 15) is 14.9 Å². The van der Waals surface area contributed by atoms with Crippen molar-refractivity contribution in [2.45, 2.75) is 26.2 Å². The molecule has 0 atom stereocenters. The maximum Gasteiger partial charge on any atom is 0.270 e. The minimum Gasteiger partial charge on any atom is -0.378 e. The van der Waals surface area contributed by atoms with Crippen molar-refractivity contribution in [2.24, 2.45) is 0 Å². The average molecular weight is 391 g/mol. The standard InChI is InChI=1S/C17H21N5O4S/c1-17(2,3)15-19-20-16(27-15)18-14(23)12-10-11(22(24)25)4-5-13(12)21-6-8-26-9-7-21/h4-5,10H,6-9H2,1-3H3,(H,18,20,23). The molecule has 1 aromatic heterocycles. The number of rotatable bonds is 4. The smallest absolute Gasteiger partial charge is 0.270 e. The SMILES string of the molecule is CC(C)(C)c1nnc(NC(=O)c2cc([N+](=O)[O-])ccc2N2CCOCC2)s1. The molecule has 0 radical (unpaired) electrons. The van der Waals surface area contributed by atoms with Crippen molar-refractivity contribution in [3.63, 3.8) is 0 Å². The van der Waals surface area contributed by atoms with Gasteiger partial charge in [-0.1, -0.05) is 32.1 Å². The molecular weight excluding hydrogens is 370 g/mol. The minimum absolute atomic E-state index is 0.134. The second-order valence-electron chi connectivity index (χ2n) is 7.17. The van der Waals surface area contributed by atoms with E-state index in [0.29, 0.717) is 37.1 Å². The minimum atomic E-state index is -0.511. The highest BCUT2D eigenvalue weighted by Crippen LogP contribution is 2.30. The summed E-state index contributed by atoms with van der Waals surface area (Å²) >= 11 is 1.29. The number of anilines is 2. The molecule has 1 aliphatic heterocycles.